The number of piperidine rings is 1. The molecule has 3 heterocycles. The summed E-state index contributed by atoms with van der Waals surface area (Å²) in [7, 11) is 0. The van der Waals surface area contributed by atoms with E-state index >= 15 is 0 Å². The number of fused-ring (bicyclic) bond motifs is 1. The number of halogens is 1. The van der Waals surface area contributed by atoms with Crippen molar-refractivity contribution in [3.05, 3.63) is 22.5 Å². The maximum atomic E-state index is 13.9. The quantitative estimate of drug-likeness (QED) is 0.831. The van der Waals surface area contributed by atoms with E-state index in [2.05, 4.69) is 34.8 Å². The Kier molecular flexibility index (Phi) is 5.25. The van der Waals surface area contributed by atoms with Crippen LogP contribution in [-0.2, 0) is 6.54 Å². The van der Waals surface area contributed by atoms with Gasteiger partial charge in [-0.25, -0.2) is 14.4 Å². The van der Waals surface area contributed by atoms with E-state index in [0.29, 0.717) is 30.8 Å². The smallest absolute Gasteiger partial charge is 0.139 e. The molecular weight excluding hydrogens is 361 g/mol. The first-order chi connectivity index (χ1) is 12.8. The van der Waals surface area contributed by atoms with E-state index in [1.807, 2.05) is 18.3 Å². The fourth-order valence-corrected chi connectivity index (χ4v) is 5.70. The van der Waals surface area contributed by atoms with Crippen molar-refractivity contribution in [3.8, 4) is 0 Å². The largest absolute Gasteiger partial charge is 0.390 e. The first kappa shape index (κ1) is 19.2. The minimum atomic E-state index is -1.17. The molecule has 2 aromatic rings. The van der Waals surface area contributed by atoms with Crippen LogP contribution in [0.1, 0.15) is 68.3 Å². The second kappa shape index (κ2) is 7.37. The Morgan fingerprint density at radius 3 is 2.70 bits per heavy atom. The summed E-state index contributed by atoms with van der Waals surface area (Å²) >= 11 is 1.81. The lowest BCUT2D eigenvalue weighted by Crippen LogP contribution is -2.44. The van der Waals surface area contributed by atoms with Gasteiger partial charge in [0.25, 0.3) is 0 Å². The molecule has 2 fully saturated rings. The van der Waals surface area contributed by atoms with E-state index in [1.54, 1.807) is 0 Å². The number of likely N-dealkylation sites (tertiary alicyclic amines) is 1. The Hall–Kier alpha value is -1.11. The van der Waals surface area contributed by atoms with Crippen molar-refractivity contribution in [3.63, 3.8) is 0 Å². The van der Waals surface area contributed by atoms with Crippen LogP contribution in [0.5, 0.6) is 0 Å². The summed E-state index contributed by atoms with van der Waals surface area (Å²) in [5.74, 6) is 1.41. The first-order valence-electron chi connectivity index (χ1n) is 10.1. The van der Waals surface area contributed by atoms with Crippen LogP contribution in [0.25, 0.3) is 10.2 Å². The molecule has 4 nitrogen and oxygen atoms in total. The van der Waals surface area contributed by atoms with Gasteiger partial charge in [0.05, 0.1) is 11.8 Å². The van der Waals surface area contributed by atoms with Gasteiger partial charge in [0.2, 0.25) is 0 Å². The highest BCUT2D eigenvalue weighted by Gasteiger charge is 2.30. The Balaban J connectivity index is 1.57. The number of aliphatic hydroxyl groups excluding tert-OH is 1. The van der Waals surface area contributed by atoms with Crippen molar-refractivity contribution in [2.45, 2.75) is 77.6 Å². The fourth-order valence-electron chi connectivity index (χ4n) is 4.43. The zero-order valence-electron chi connectivity index (χ0n) is 16.5. The molecule has 6 heteroatoms. The minimum Gasteiger partial charge on any atom is -0.390 e. The van der Waals surface area contributed by atoms with Gasteiger partial charge in [0, 0.05) is 29.9 Å². The molecule has 27 heavy (non-hydrogen) atoms. The Labute approximate surface area is 164 Å². The molecule has 2 atom stereocenters. The molecular formula is C21H30FN3OS. The number of aryl methyl sites for hydroxylation is 1. The normalized spacial score (nSPS) is 27.3. The third-order valence-corrected chi connectivity index (χ3v) is 7.50. The second-order valence-corrected chi connectivity index (χ2v) is 10.2. The summed E-state index contributed by atoms with van der Waals surface area (Å²) in [6.45, 7) is 8.29. The van der Waals surface area contributed by atoms with Crippen molar-refractivity contribution in [2.75, 3.05) is 13.1 Å². The van der Waals surface area contributed by atoms with E-state index in [4.69, 9.17) is 0 Å². The van der Waals surface area contributed by atoms with Crippen LogP contribution in [0.4, 0.5) is 4.39 Å². The van der Waals surface area contributed by atoms with Crippen molar-refractivity contribution >= 4 is 21.6 Å². The molecule has 1 N–H and O–H groups in total. The lowest BCUT2D eigenvalue weighted by Gasteiger charge is -2.33. The average molecular weight is 392 g/mol. The Bertz CT molecular complexity index is 811. The second-order valence-electron chi connectivity index (χ2n) is 9.13. The summed E-state index contributed by atoms with van der Waals surface area (Å²) in [4.78, 5) is 13.9. The maximum Gasteiger partial charge on any atom is 0.139 e. The highest BCUT2D eigenvalue weighted by atomic mass is 32.1. The summed E-state index contributed by atoms with van der Waals surface area (Å²) in [6, 6.07) is 2.30. The molecule has 0 amide bonds. The standard InChI is InChI=1S/C21H30FN3OS/c1-13-23-17(12-25-9-6-18(26)16(22)11-25)15-10-19(27-20(15)24-13)14-4-7-21(2,3)8-5-14/h10,14,16,18,26H,4-9,11-12H2,1-3H3/t16-,18+/m0/s1. The highest BCUT2D eigenvalue weighted by Crippen LogP contribution is 2.45. The van der Waals surface area contributed by atoms with Crippen molar-refractivity contribution in [1.29, 1.82) is 0 Å². The number of hydrogen-bond donors (Lipinski definition) is 1. The van der Waals surface area contributed by atoms with Gasteiger partial charge in [-0.2, -0.15) is 0 Å². The fraction of sp³-hybridized carbons (Fsp3) is 0.714. The van der Waals surface area contributed by atoms with Crippen LogP contribution in [0.2, 0.25) is 0 Å². The Morgan fingerprint density at radius 2 is 2.00 bits per heavy atom. The third kappa shape index (κ3) is 4.17. The van der Waals surface area contributed by atoms with E-state index in [0.717, 1.165) is 21.7 Å². The number of aromatic nitrogens is 2. The zero-order valence-corrected chi connectivity index (χ0v) is 17.4. The van der Waals surface area contributed by atoms with Crippen LogP contribution in [0, 0.1) is 12.3 Å². The molecule has 0 unspecified atom stereocenters. The predicted octanol–water partition coefficient (Wildman–Crippen LogP) is 4.59. The number of rotatable bonds is 3. The summed E-state index contributed by atoms with van der Waals surface area (Å²) in [5.41, 5.74) is 1.47. The van der Waals surface area contributed by atoms with Crippen LogP contribution < -0.4 is 0 Å². The predicted molar refractivity (Wildman–Crippen MR) is 108 cm³/mol. The van der Waals surface area contributed by atoms with Crippen LogP contribution in [0.15, 0.2) is 6.07 Å². The van der Waals surface area contributed by atoms with Crippen molar-refractivity contribution in [1.82, 2.24) is 14.9 Å². The SMILES string of the molecule is Cc1nc(CN2CC[C@@H](O)[C@@H](F)C2)c2cc(C3CCC(C)(C)CC3)sc2n1. The summed E-state index contributed by atoms with van der Waals surface area (Å²) in [5, 5.41) is 10.8. The average Bonchev–Trinajstić information content (AvgIpc) is 3.02. The number of nitrogens with zero attached hydrogens (tertiary/aromatic N) is 3. The van der Waals surface area contributed by atoms with Gasteiger partial charge < -0.3 is 5.11 Å². The number of hydrogen-bond acceptors (Lipinski definition) is 5. The van der Waals surface area contributed by atoms with Gasteiger partial charge in [-0.3, -0.25) is 4.90 Å². The Morgan fingerprint density at radius 1 is 1.26 bits per heavy atom. The van der Waals surface area contributed by atoms with Gasteiger partial charge in [-0.05, 0) is 56.4 Å². The minimum absolute atomic E-state index is 0.278. The molecule has 2 aromatic heterocycles. The number of aliphatic hydroxyl groups is 1. The molecule has 0 aromatic carbocycles. The zero-order chi connectivity index (χ0) is 19.2. The lowest BCUT2D eigenvalue weighted by atomic mass is 9.73. The molecule has 0 bridgehead atoms. The summed E-state index contributed by atoms with van der Waals surface area (Å²) < 4.78 is 13.9. The van der Waals surface area contributed by atoms with Gasteiger partial charge >= 0.3 is 0 Å². The van der Waals surface area contributed by atoms with Gasteiger partial charge in [-0.1, -0.05) is 13.8 Å². The van der Waals surface area contributed by atoms with E-state index in [-0.39, 0.29) is 6.54 Å². The first-order valence-corrected chi connectivity index (χ1v) is 10.9. The van der Waals surface area contributed by atoms with Gasteiger partial charge in [0.1, 0.15) is 16.8 Å². The molecule has 148 valence electrons. The van der Waals surface area contributed by atoms with Gasteiger partial charge in [-0.15, -0.1) is 11.3 Å². The van der Waals surface area contributed by atoms with E-state index in [1.165, 1.54) is 30.6 Å². The molecule has 1 aliphatic carbocycles. The topological polar surface area (TPSA) is 49.2 Å². The molecule has 1 aliphatic heterocycles. The summed E-state index contributed by atoms with van der Waals surface area (Å²) in [6.07, 6.45) is 3.54. The monoisotopic (exact) mass is 391 g/mol. The van der Waals surface area contributed by atoms with Gasteiger partial charge in [0.15, 0.2) is 0 Å². The number of thiophene rings is 1. The van der Waals surface area contributed by atoms with Crippen molar-refractivity contribution in [2.24, 2.45) is 5.41 Å². The molecule has 1 saturated heterocycles. The molecule has 2 aliphatic rings. The van der Waals surface area contributed by atoms with Crippen LogP contribution in [0.3, 0.4) is 0 Å². The molecule has 4 rings (SSSR count). The lowest BCUT2D eigenvalue weighted by molar-refractivity contribution is 0.00369. The molecule has 0 spiro atoms. The third-order valence-electron chi connectivity index (χ3n) is 6.31. The van der Waals surface area contributed by atoms with E-state index < -0.39 is 12.3 Å². The molecule has 0 radical (unpaired) electrons. The van der Waals surface area contributed by atoms with Crippen molar-refractivity contribution < 1.29 is 9.50 Å². The van der Waals surface area contributed by atoms with Crippen LogP contribution in [-0.4, -0.2) is 45.3 Å². The highest BCUT2D eigenvalue weighted by molar-refractivity contribution is 7.18. The van der Waals surface area contributed by atoms with E-state index in [9.17, 15) is 9.50 Å². The number of alkyl halides is 1. The maximum absolute atomic E-state index is 13.9. The van der Waals surface area contributed by atoms with Crippen LogP contribution >= 0.6 is 11.3 Å². The molecule has 1 saturated carbocycles.